The number of hydrogen-bond acceptors (Lipinski definition) is 7. The van der Waals surface area contributed by atoms with Gasteiger partial charge in [-0.3, -0.25) is 4.68 Å². The first-order valence-electron chi connectivity index (χ1n) is 16.4. The molecular weight excluding hydrogens is 681 g/mol. The number of halogens is 2. The number of aryl methyl sites for hydroxylation is 5. The molecule has 1 aliphatic heterocycles. The molecule has 3 N–H and O–H groups in total. The molecular formula is C37H37ClFN5O3S2. The van der Waals surface area contributed by atoms with Crippen LogP contribution in [0.1, 0.15) is 62.3 Å². The van der Waals surface area contributed by atoms with Crippen molar-refractivity contribution < 1.29 is 19.0 Å². The Morgan fingerprint density at radius 3 is 2.71 bits per heavy atom. The average molecular weight is 718 g/mol. The summed E-state index contributed by atoms with van der Waals surface area (Å²) >= 11 is 10.2. The summed E-state index contributed by atoms with van der Waals surface area (Å²) in [5, 5.41) is 19.2. The lowest BCUT2D eigenvalue weighted by Crippen LogP contribution is -2.11. The summed E-state index contributed by atoms with van der Waals surface area (Å²) in [4.78, 5) is 19.4. The SMILES string of the molecule is Cc1nc(CN)sc1CSc1cc(OCCCc2c(C(=O)O)n(C)c3c(-c4c(C)nn5c4CCCC5)c(Cl)ccc23)c2ccc(F)cc2c1. The highest BCUT2D eigenvalue weighted by atomic mass is 35.5. The second-order valence-electron chi connectivity index (χ2n) is 12.4. The van der Waals surface area contributed by atoms with Gasteiger partial charge in [0.05, 0.1) is 28.5 Å². The van der Waals surface area contributed by atoms with E-state index in [9.17, 15) is 14.3 Å². The molecule has 0 unspecified atom stereocenters. The lowest BCUT2D eigenvalue weighted by Gasteiger charge is -2.16. The fourth-order valence-electron chi connectivity index (χ4n) is 7.08. The molecule has 0 spiro atoms. The minimum absolute atomic E-state index is 0.243. The maximum atomic E-state index is 14.3. The number of thiazole rings is 1. The number of carboxylic acids is 1. The van der Waals surface area contributed by atoms with Crippen molar-refractivity contribution in [1.29, 1.82) is 0 Å². The number of thioether (sulfide) groups is 1. The fraction of sp³-hybridized carbons (Fsp3) is 0.324. The first-order chi connectivity index (χ1) is 23.6. The Bertz CT molecular complexity index is 2240. The number of rotatable bonds is 11. The smallest absolute Gasteiger partial charge is 0.352 e. The summed E-state index contributed by atoms with van der Waals surface area (Å²) in [5.74, 6) is 0.0832. The van der Waals surface area contributed by atoms with Gasteiger partial charge >= 0.3 is 5.97 Å². The van der Waals surface area contributed by atoms with E-state index in [4.69, 9.17) is 27.2 Å². The van der Waals surface area contributed by atoms with Gasteiger partial charge in [0.15, 0.2) is 0 Å². The van der Waals surface area contributed by atoms with Crippen LogP contribution in [0.4, 0.5) is 4.39 Å². The molecule has 12 heteroatoms. The molecule has 0 saturated heterocycles. The second kappa shape index (κ2) is 13.8. The molecule has 4 heterocycles. The van der Waals surface area contributed by atoms with E-state index in [0.717, 1.165) is 102 Å². The van der Waals surface area contributed by atoms with Crippen LogP contribution < -0.4 is 10.5 Å². The van der Waals surface area contributed by atoms with Crippen LogP contribution in [0.15, 0.2) is 47.4 Å². The Balaban J connectivity index is 1.17. The minimum atomic E-state index is -0.988. The summed E-state index contributed by atoms with van der Waals surface area (Å²) in [6.45, 7) is 5.62. The van der Waals surface area contributed by atoms with E-state index in [2.05, 4.69) is 9.67 Å². The Kier molecular flexibility index (Phi) is 9.45. The number of aromatic nitrogens is 4. The van der Waals surface area contributed by atoms with Gasteiger partial charge in [-0.2, -0.15) is 5.10 Å². The van der Waals surface area contributed by atoms with Crippen molar-refractivity contribution in [2.75, 3.05) is 6.61 Å². The zero-order valence-corrected chi connectivity index (χ0v) is 30.0. The third-order valence-electron chi connectivity index (χ3n) is 9.29. The molecule has 1 aliphatic rings. The van der Waals surface area contributed by atoms with Crippen molar-refractivity contribution in [1.82, 2.24) is 19.3 Å². The van der Waals surface area contributed by atoms with Crippen LogP contribution in [0.2, 0.25) is 5.02 Å². The Labute approximate surface area is 297 Å². The second-order valence-corrected chi connectivity index (χ2v) is 15.1. The van der Waals surface area contributed by atoms with Crippen LogP contribution in [-0.2, 0) is 38.7 Å². The van der Waals surface area contributed by atoms with E-state index >= 15 is 0 Å². The number of aromatic carboxylic acids is 1. The van der Waals surface area contributed by atoms with Crippen LogP contribution in [0.25, 0.3) is 32.8 Å². The Morgan fingerprint density at radius 1 is 1.12 bits per heavy atom. The van der Waals surface area contributed by atoms with Crippen molar-refractivity contribution in [2.45, 2.75) is 69.7 Å². The van der Waals surface area contributed by atoms with Crippen LogP contribution in [0.3, 0.4) is 0 Å². The van der Waals surface area contributed by atoms with Gasteiger partial charge in [0.2, 0.25) is 0 Å². The van der Waals surface area contributed by atoms with E-state index in [0.29, 0.717) is 36.8 Å². The van der Waals surface area contributed by atoms with Crippen LogP contribution in [0.5, 0.6) is 5.75 Å². The van der Waals surface area contributed by atoms with Crippen LogP contribution in [0, 0.1) is 19.7 Å². The summed E-state index contributed by atoms with van der Waals surface area (Å²) in [6.07, 6.45) is 4.13. The van der Waals surface area contributed by atoms with Crippen molar-refractivity contribution in [3.05, 3.63) is 91.5 Å². The third-order valence-corrected chi connectivity index (χ3v) is 12.0. The number of carbonyl (C=O) groups is 1. The molecule has 0 amide bonds. The lowest BCUT2D eigenvalue weighted by molar-refractivity contribution is 0.0685. The summed E-state index contributed by atoms with van der Waals surface area (Å²) < 4.78 is 24.5. The van der Waals surface area contributed by atoms with Gasteiger partial charge in [-0.1, -0.05) is 17.7 Å². The number of hydrogen-bond donors (Lipinski definition) is 2. The summed E-state index contributed by atoms with van der Waals surface area (Å²) in [5.41, 5.74) is 12.5. The van der Waals surface area contributed by atoms with Crippen molar-refractivity contribution in [3.63, 3.8) is 0 Å². The first kappa shape index (κ1) is 33.6. The van der Waals surface area contributed by atoms with Crippen molar-refractivity contribution in [2.24, 2.45) is 12.8 Å². The molecule has 0 fully saturated rings. The van der Waals surface area contributed by atoms with Crippen molar-refractivity contribution in [3.8, 4) is 16.9 Å². The van der Waals surface area contributed by atoms with E-state index in [1.807, 2.05) is 38.1 Å². The molecule has 0 atom stereocenters. The van der Waals surface area contributed by atoms with Gasteiger partial charge in [0.1, 0.15) is 22.3 Å². The molecule has 3 aromatic carbocycles. The predicted molar refractivity (Wildman–Crippen MR) is 196 cm³/mol. The molecule has 3 aromatic heterocycles. The fourth-order valence-corrected chi connectivity index (χ4v) is 9.39. The Hall–Kier alpha value is -3.90. The molecule has 254 valence electrons. The Morgan fingerprint density at radius 2 is 1.94 bits per heavy atom. The number of carboxylic acid groups (broad SMARTS) is 1. The van der Waals surface area contributed by atoms with Gasteiger partial charge in [-0.05, 0) is 93.3 Å². The zero-order chi connectivity index (χ0) is 34.4. The van der Waals surface area contributed by atoms with E-state index < -0.39 is 5.97 Å². The van der Waals surface area contributed by atoms with Gasteiger partial charge in [0, 0.05) is 63.3 Å². The largest absolute Gasteiger partial charge is 0.493 e. The number of fused-ring (bicyclic) bond motifs is 3. The normalized spacial score (nSPS) is 13.0. The number of nitrogens with two attached hydrogens (primary N) is 1. The third kappa shape index (κ3) is 6.33. The highest BCUT2D eigenvalue weighted by Crippen LogP contribution is 2.43. The molecule has 49 heavy (non-hydrogen) atoms. The maximum absolute atomic E-state index is 14.3. The van der Waals surface area contributed by atoms with Gasteiger partial charge < -0.3 is 20.1 Å². The summed E-state index contributed by atoms with van der Waals surface area (Å²) in [7, 11) is 1.80. The van der Waals surface area contributed by atoms with E-state index in [1.54, 1.807) is 40.8 Å². The molecule has 7 rings (SSSR count). The number of ether oxygens (including phenoxy) is 1. The lowest BCUT2D eigenvalue weighted by atomic mass is 9.95. The molecule has 0 aliphatic carbocycles. The maximum Gasteiger partial charge on any atom is 0.352 e. The highest BCUT2D eigenvalue weighted by molar-refractivity contribution is 7.98. The predicted octanol–water partition coefficient (Wildman–Crippen LogP) is 8.86. The summed E-state index contributed by atoms with van der Waals surface area (Å²) in [6, 6.07) is 12.5. The standard InChI is InChI=1S/C37H37ClFN5O3S2/c1-20-31(49-32(18-40)41-20)19-48-24-16-22-15-23(39)9-10-25(22)30(17-24)47-14-6-7-26-27-11-12-28(38)34(35(27)43(3)36(26)37(45)46)33-21(2)42-44-13-5-4-8-29(33)44/h9-12,15-17H,4-8,13-14,18-19,40H2,1-3H3,(H,45,46). The van der Waals surface area contributed by atoms with Gasteiger partial charge in [-0.25, -0.2) is 14.2 Å². The van der Waals surface area contributed by atoms with Crippen LogP contribution >= 0.6 is 34.7 Å². The highest BCUT2D eigenvalue weighted by Gasteiger charge is 2.28. The topological polar surface area (TPSA) is 108 Å². The zero-order valence-electron chi connectivity index (χ0n) is 27.6. The number of nitrogens with zero attached hydrogens (tertiary/aromatic N) is 4. The van der Waals surface area contributed by atoms with Gasteiger partial charge in [-0.15, -0.1) is 23.1 Å². The van der Waals surface area contributed by atoms with E-state index in [1.165, 1.54) is 12.1 Å². The molecule has 0 saturated carbocycles. The molecule has 0 bridgehead atoms. The van der Waals surface area contributed by atoms with Crippen LogP contribution in [-0.4, -0.2) is 37.0 Å². The van der Waals surface area contributed by atoms with Gasteiger partial charge in [0.25, 0.3) is 0 Å². The minimum Gasteiger partial charge on any atom is -0.493 e. The monoisotopic (exact) mass is 717 g/mol. The quantitative estimate of drug-likeness (QED) is 0.102. The number of benzene rings is 3. The average Bonchev–Trinajstić information content (AvgIpc) is 3.71. The molecule has 8 nitrogen and oxygen atoms in total. The molecule has 0 radical (unpaired) electrons. The molecule has 6 aromatic rings. The van der Waals surface area contributed by atoms with Crippen molar-refractivity contribution >= 4 is 62.3 Å². The van der Waals surface area contributed by atoms with E-state index in [-0.39, 0.29) is 11.5 Å². The first-order valence-corrected chi connectivity index (χ1v) is 18.6.